The predicted molar refractivity (Wildman–Crippen MR) is 78.3 cm³/mol. The zero-order valence-electron chi connectivity index (χ0n) is 12.6. The fourth-order valence-electron chi connectivity index (χ4n) is 2.96. The van der Waals surface area contributed by atoms with Crippen LogP contribution >= 0.6 is 0 Å². The van der Waals surface area contributed by atoms with E-state index in [0.717, 1.165) is 23.4 Å². The molecule has 4 nitrogen and oxygen atoms in total. The van der Waals surface area contributed by atoms with E-state index in [9.17, 15) is 9.90 Å². The van der Waals surface area contributed by atoms with Gasteiger partial charge in [0.1, 0.15) is 5.75 Å². The fraction of sp³-hybridized carbons (Fsp3) is 0.562. The van der Waals surface area contributed by atoms with Gasteiger partial charge < -0.3 is 9.84 Å². The Morgan fingerprint density at radius 1 is 1.40 bits per heavy atom. The summed E-state index contributed by atoms with van der Waals surface area (Å²) in [7, 11) is 1.64. The van der Waals surface area contributed by atoms with Gasteiger partial charge in [-0.3, -0.25) is 9.69 Å². The molecule has 0 bridgehead atoms. The summed E-state index contributed by atoms with van der Waals surface area (Å²) in [6.45, 7) is 7.61. The maximum atomic E-state index is 11.6. The van der Waals surface area contributed by atoms with Crippen LogP contribution in [0.3, 0.4) is 0 Å². The molecule has 1 aromatic rings. The SMILES string of the molecule is COc1ccc(C)cc1C1CN(C(C)C)CC1C(=O)O. The van der Waals surface area contributed by atoms with Gasteiger partial charge in [0.15, 0.2) is 0 Å². The number of hydrogen-bond donors (Lipinski definition) is 1. The minimum atomic E-state index is -0.721. The first kappa shape index (κ1) is 14.9. The number of nitrogens with zero attached hydrogens (tertiary/aromatic N) is 1. The molecular weight excluding hydrogens is 254 g/mol. The maximum Gasteiger partial charge on any atom is 0.308 e. The second-order valence-electron chi connectivity index (χ2n) is 5.84. The number of methoxy groups -OCH3 is 1. The van der Waals surface area contributed by atoms with Crippen molar-refractivity contribution in [1.82, 2.24) is 4.90 Å². The number of carboxylic acid groups (broad SMARTS) is 1. The van der Waals surface area contributed by atoms with Gasteiger partial charge >= 0.3 is 5.97 Å². The molecule has 20 heavy (non-hydrogen) atoms. The molecule has 1 aliphatic heterocycles. The van der Waals surface area contributed by atoms with Crippen LogP contribution in [0.2, 0.25) is 0 Å². The first-order chi connectivity index (χ1) is 9.43. The lowest BCUT2D eigenvalue weighted by Crippen LogP contribution is -2.29. The Balaban J connectivity index is 2.38. The van der Waals surface area contributed by atoms with Crippen molar-refractivity contribution in [3.63, 3.8) is 0 Å². The van der Waals surface area contributed by atoms with Crippen molar-refractivity contribution in [3.8, 4) is 5.75 Å². The van der Waals surface area contributed by atoms with Crippen molar-refractivity contribution in [1.29, 1.82) is 0 Å². The number of benzene rings is 1. The molecule has 0 saturated carbocycles. The molecule has 2 unspecified atom stereocenters. The lowest BCUT2D eigenvalue weighted by atomic mass is 9.87. The van der Waals surface area contributed by atoms with Crippen LogP contribution in [-0.4, -0.2) is 42.2 Å². The highest BCUT2D eigenvalue weighted by Gasteiger charge is 2.40. The summed E-state index contributed by atoms with van der Waals surface area (Å²) < 4.78 is 5.43. The molecule has 0 spiro atoms. The van der Waals surface area contributed by atoms with Crippen molar-refractivity contribution < 1.29 is 14.6 Å². The molecule has 2 atom stereocenters. The van der Waals surface area contributed by atoms with Crippen LogP contribution in [0.25, 0.3) is 0 Å². The Bertz CT molecular complexity index is 498. The Morgan fingerprint density at radius 2 is 2.10 bits per heavy atom. The molecule has 1 N–H and O–H groups in total. The summed E-state index contributed by atoms with van der Waals surface area (Å²) in [6, 6.07) is 6.34. The molecule has 0 radical (unpaired) electrons. The number of carbonyl (C=O) groups is 1. The maximum absolute atomic E-state index is 11.6. The minimum Gasteiger partial charge on any atom is -0.496 e. The molecule has 0 aliphatic carbocycles. The molecule has 0 aromatic heterocycles. The third kappa shape index (κ3) is 2.80. The lowest BCUT2D eigenvalue weighted by molar-refractivity contribution is -0.141. The Hall–Kier alpha value is -1.55. The van der Waals surface area contributed by atoms with E-state index in [4.69, 9.17) is 4.74 Å². The van der Waals surface area contributed by atoms with E-state index in [1.807, 2.05) is 19.1 Å². The Morgan fingerprint density at radius 3 is 2.65 bits per heavy atom. The largest absolute Gasteiger partial charge is 0.496 e. The van der Waals surface area contributed by atoms with Gasteiger partial charge in [-0.2, -0.15) is 0 Å². The fourth-order valence-corrected chi connectivity index (χ4v) is 2.96. The van der Waals surface area contributed by atoms with Crippen LogP contribution in [0.15, 0.2) is 18.2 Å². The van der Waals surface area contributed by atoms with Crippen LogP contribution in [0.1, 0.15) is 30.9 Å². The second kappa shape index (κ2) is 5.83. The zero-order valence-corrected chi connectivity index (χ0v) is 12.6. The van der Waals surface area contributed by atoms with Crippen LogP contribution < -0.4 is 4.74 Å². The molecule has 0 amide bonds. The quantitative estimate of drug-likeness (QED) is 0.918. The van der Waals surface area contributed by atoms with E-state index in [2.05, 4.69) is 24.8 Å². The second-order valence-corrected chi connectivity index (χ2v) is 5.84. The van der Waals surface area contributed by atoms with Gasteiger partial charge in [0, 0.05) is 25.0 Å². The van der Waals surface area contributed by atoms with Gasteiger partial charge in [0.25, 0.3) is 0 Å². The first-order valence-corrected chi connectivity index (χ1v) is 7.05. The van der Waals surface area contributed by atoms with Gasteiger partial charge in [0.05, 0.1) is 13.0 Å². The van der Waals surface area contributed by atoms with Crippen LogP contribution in [-0.2, 0) is 4.79 Å². The molecule has 110 valence electrons. The monoisotopic (exact) mass is 277 g/mol. The van der Waals surface area contributed by atoms with Crippen molar-refractivity contribution in [3.05, 3.63) is 29.3 Å². The normalized spacial score (nSPS) is 23.2. The van der Waals surface area contributed by atoms with Crippen molar-refractivity contribution in [2.75, 3.05) is 20.2 Å². The van der Waals surface area contributed by atoms with E-state index in [1.54, 1.807) is 7.11 Å². The molecule has 2 rings (SSSR count). The highest BCUT2D eigenvalue weighted by molar-refractivity contribution is 5.72. The summed E-state index contributed by atoms with van der Waals surface area (Å²) in [4.78, 5) is 13.8. The van der Waals surface area contributed by atoms with Crippen LogP contribution in [0, 0.1) is 12.8 Å². The van der Waals surface area contributed by atoms with E-state index in [0.29, 0.717) is 12.6 Å². The molecule has 1 aliphatic rings. The highest BCUT2D eigenvalue weighted by Crippen LogP contribution is 2.38. The Labute approximate surface area is 120 Å². The lowest BCUT2D eigenvalue weighted by Gasteiger charge is -2.21. The number of carboxylic acids is 1. The summed E-state index contributed by atoms with van der Waals surface area (Å²) in [5.74, 6) is -0.308. The first-order valence-electron chi connectivity index (χ1n) is 7.05. The molecular formula is C16H23NO3. The van der Waals surface area contributed by atoms with Crippen molar-refractivity contribution in [2.24, 2.45) is 5.92 Å². The summed E-state index contributed by atoms with van der Waals surface area (Å²) in [5.41, 5.74) is 2.15. The Kier molecular flexibility index (Phi) is 4.33. The summed E-state index contributed by atoms with van der Waals surface area (Å²) >= 11 is 0. The van der Waals surface area contributed by atoms with E-state index in [-0.39, 0.29) is 11.8 Å². The van der Waals surface area contributed by atoms with Gasteiger partial charge in [-0.15, -0.1) is 0 Å². The minimum absolute atomic E-state index is 0.00949. The highest BCUT2D eigenvalue weighted by atomic mass is 16.5. The number of hydrogen-bond acceptors (Lipinski definition) is 3. The number of likely N-dealkylation sites (tertiary alicyclic amines) is 1. The van der Waals surface area contributed by atoms with Crippen LogP contribution in [0.4, 0.5) is 0 Å². The van der Waals surface area contributed by atoms with E-state index in [1.165, 1.54) is 0 Å². The van der Waals surface area contributed by atoms with Crippen molar-refractivity contribution >= 4 is 5.97 Å². The van der Waals surface area contributed by atoms with E-state index >= 15 is 0 Å². The average molecular weight is 277 g/mol. The van der Waals surface area contributed by atoms with Gasteiger partial charge in [-0.25, -0.2) is 0 Å². The number of aryl methyl sites for hydroxylation is 1. The standard InChI is InChI=1S/C16H23NO3/c1-10(2)17-8-13(14(9-17)16(18)19)12-7-11(3)5-6-15(12)20-4/h5-7,10,13-14H,8-9H2,1-4H3,(H,18,19). The molecule has 4 heteroatoms. The smallest absolute Gasteiger partial charge is 0.308 e. The molecule has 1 aromatic carbocycles. The zero-order chi connectivity index (χ0) is 14.9. The van der Waals surface area contributed by atoms with Gasteiger partial charge in [-0.05, 0) is 32.4 Å². The van der Waals surface area contributed by atoms with Gasteiger partial charge in [0.2, 0.25) is 0 Å². The predicted octanol–water partition coefficient (Wildman–Crippen LogP) is 2.51. The van der Waals surface area contributed by atoms with Crippen molar-refractivity contribution in [2.45, 2.75) is 32.7 Å². The summed E-state index contributed by atoms with van der Waals surface area (Å²) in [6.07, 6.45) is 0. The number of rotatable bonds is 4. The number of ether oxygens (including phenoxy) is 1. The third-order valence-corrected chi connectivity index (χ3v) is 4.18. The molecule has 1 heterocycles. The average Bonchev–Trinajstić information content (AvgIpc) is 2.83. The van der Waals surface area contributed by atoms with Crippen LogP contribution in [0.5, 0.6) is 5.75 Å². The third-order valence-electron chi connectivity index (χ3n) is 4.18. The summed E-state index contributed by atoms with van der Waals surface area (Å²) in [5, 5.41) is 9.51. The molecule has 1 saturated heterocycles. The molecule has 1 fully saturated rings. The van der Waals surface area contributed by atoms with Gasteiger partial charge in [-0.1, -0.05) is 17.7 Å². The topological polar surface area (TPSA) is 49.8 Å². The number of aliphatic carboxylic acids is 1. The van der Waals surface area contributed by atoms with E-state index < -0.39 is 5.97 Å².